The molecular weight excluding hydrogens is 362 g/mol. The molecule has 1 aromatic heterocycles. The first-order valence-corrected chi connectivity index (χ1v) is 10.0. The van der Waals surface area contributed by atoms with Crippen molar-refractivity contribution in [3.8, 4) is 6.07 Å². The summed E-state index contributed by atoms with van der Waals surface area (Å²) in [6.45, 7) is 5.37. The second kappa shape index (κ2) is 7.96. The molecule has 1 fully saturated rings. The van der Waals surface area contributed by atoms with Gasteiger partial charge in [0.2, 0.25) is 5.91 Å². The minimum Gasteiger partial charge on any atom is -0.356 e. The SMILES string of the molecule is Cc1cc(C2C=CN(CC3CCCNC3=O)N2c2cccc(C#N)c2)cc(C)n1. The Morgan fingerprint density at radius 3 is 2.76 bits per heavy atom. The van der Waals surface area contributed by atoms with Crippen LogP contribution in [0.25, 0.3) is 0 Å². The van der Waals surface area contributed by atoms with Crippen LogP contribution in [0.1, 0.15) is 41.4 Å². The zero-order chi connectivity index (χ0) is 20.4. The number of aryl methyl sites for hydroxylation is 2. The minimum absolute atomic E-state index is 0.0176. The third-order valence-electron chi connectivity index (χ3n) is 5.47. The van der Waals surface area contributed by atoms with E-state index in [-0.39, 0.29) is 17.9 Å². The van der Waals surface area contributed by atoms with Crippen LogP contribution in [0.4, 0.5) is 5.69 Å². The molecule has 0 bridgehead atoms. The van der Waals surface area contributed by atoms with Gasteiger partial charge >= 0.3 is 0 Å². The molecule has 148 valence electrons. The molecule has 0 saturated carbocycles. The van der Waals surface area contributed by atoms with Gasteiger partial charge in [0.25, 0.3) is 0 Å². The first-order chi connectivity index (χ1) is 14.0. The summed E-state index contributed by atoms with van der Waals surface area (Å²) in [6, 6.07) is 14.0. The smallest absolute Gasteiger partial charge is 0.224 e. The predicted octanol–water partition coefficient (Wildman–Crippen LogP) is 3.39. The van der Waals surface area contributed by atoms with Gasteiger partial charge in [-0.15, -0.1) is 0 Å². The second-order valence-electron chi connectivity index (χ2n) is 7.73. The minimum atomic E-state index is -0.0466. The van der Waals surface area contributed by atoms with Crippen LogP contribution in [-0.4, -0.2) is 29.0 Å². The van der Waals surface area contributed by atoms with Crippen molar-refractivity contribution in [1.29, 1.82) is 5.26 Å². The zero-order valence-electron chi connectivity index (χ0n) is 16.8. The number of hydrogen-bond acceptors (Lipinski definition) is 5. The Bertz CT molecular complexity index is 973. The van der Waals surface area contributed by atoms with Gasteiger partial charge in [0.15, 0.2) is 0 Å². The summed E-state index contributed by atoms with van der Waals surface area (Å²) in [6.07, 6.45) is 6.09. The van der Waals surface area contributed by atoms with Gasteiger partial charge in [-0.3, -0.25) is 19.8 Å². The molecule has 2 aliphatic rings. The van der Waals surface area contributed by atoms with E-state index in [2.05, 4.69) is 50.8 Å². The van der Waals surface area contributed by atoms with Crippen LogP contribution >= 0.6 is 0 Å². The Kier molecular flexibility index (Phi) is 5.22. The summed E-state index contributed by atoms with van der Waals surface area (Å²) in [5.74, 6) is 0.0733. The monoisotopic (exact) mass is 387 g/mol. The van der Waals surface area contributed by atoms with E-state index in [1.165, 1.54) is 0 Å². The summed E-state index contributed by atoms with van der Waals surface area (Å²) >= 11 is 0. The molecule has 2 aromatic rings. The topological polar surface area (TPSA) is 72.3 Å². The van der Waals surface area contributed by atoms with Gasteiger partial charge < -0.3 is 5.32 Å². The Labute approximate surface area is 171 Å². The zero-order valence-corrected chi connectivity index (χ0v) is 16.8. The lowest BCUT2D eigenvalue weighted by molar-refractivity contribution is -0.127. The van der Waals surface area contributed by atoms with Gasteiger partial charge in [-0.2, -0.15) is 5.26 Å². The normalized spacial score (nSPS) is 21.2. The van der Waals surface area contributed by atoms with E-state index >= 15 is 0 Å². The van der Waals surface area contributed by atoms with Crippen molar-refractivity contribution >= 4 is 11.6 Å². The van der Waals surface area contributed by atoms with Crippen molar-refractivity contribution in [2.24, 2.45) is 5.92 Å². The van der Waals surface area contributed by atoms with Crippen LogP contribution in [-0.2, 0) is 4.79 Å². The van der Waals surface area contributed by atoms with Gasteiger partial charge in [0, 0.05) is 24.1 Å². The van der Waals surface area contributed by atoms with E-state index in [4.69, 9.17) is 0 Å². The lowest BCUT2D eigenvalue weighted by Gasteiger charge is -2.38. The molecule has 6 nitrogen and oxygen atoms in total. The molecule has 6 heteroatoms. The Balaban J connectivity index is 1.70. The molecule has 2 aliphatic heterocycles. The van der Waals surface area contributed by atoms with Crippen LogP contribution in [0.15, 0.2) is 48.7 Å². The Morgan fingerprint density at radius 1 is 1.24 bits per heavy atom. The van der Waals surface area contributed by atoms with Crippen molar-refractivity contribution in [2.45, 2.75) is 32.7 Å². The maximum absolute atomic E-state index is 12.3. The van der Waals surface area contributed by atoms with Gasteiger partial charge in [0.05, 0.1) is 35.8 Å². The van der Waals surface area contributed by atoms with E-state index in [1.807, 2.05) is 38.1 Å². The largest absolute Gasteiger partial charge is 0.356 e. The fourth-order valence-electron chi connectivity index (χ4n) is 4.20. The summed E-state index contributed by atoms with van der Waals surface area (Å²) in [5, 5.41) is 16.6. The highest BCUT2D eigenvalue weighted by molar-refractivity contribution is 5.79. The fourth-order valence-corrected chi connectivity index (χ4v) is 4.20. The second-order valence-corrected chi connectivity index (χ2v) is 7.73. The molecule has 1 saturated heterocycles. The van der Waals surface area contributed by atoms with Crippen LogP contribution in [0.5, 0.6) is 0 Å². The molecule has 29 heavy (non-hydrogen) atoms. The number of nitriles is 1. The average molecular weight is 387 g/mol. The number of nitrogens with one attached hydrogen (secondary N) is 1. The number of amides is 1. The van der Waals surface area contributed by atoms with Gasteiger partial charge in [-0.05, 0) is 68.7 Å². The Morgan fingerprint density at radius 2 is 2.03 bits per heavy atom. The lowest BCUT2D eigenvalue weighted by Crippen LogP contribution is -2.46. The molecule has 0 radical (unpaired) electrons. The average Bonchev–Trinajstić information content (AvgIpc) is 3.13. The van der Waals surface area contributed by atoms with E-state index in [9.17, 15) is 10.1 Å². The number of hydrogen-bond donors (Lipinski definition) is 1. The maximum atomic E-state index is 12.3. The van der Waals surface area contributed by atoms with E-state index in [0.717, 1.165) is 42.0 Å². The third kappa shape index (κ3) is 3.95. The molecule has 4 rings (SSSR count). The number of piperidine rings is 1. The van der Waals surface area contributed by atoms with E-state index < -0.39 is 0 Å². The highest BCUT2D eigenvalue weighted by atomic mass is 16.2. The summed E-state index contributed by atoms with van der Waals surface area (Å²) in [7, 11) is 0. The molecule has 1 aromatic carbocycles. The van der Waals surface area contributed by atoms with Crippen LogP contribution < -0.4 is 10.3 Å². The van der Waals surface area contributed by atoms with Crippen LogP contribution in [0.2, 0.25) is 0 Å². The van der Waals surface area contributed by atoms with Crippen LogP contribution in [0, 0.1) is 31.1 Å². The third-order valence-corrected chi connectivity index (χ3v) is 5.47. The van der Waals surface area contributed by atoms with Crippen molar-refractivity contribution in [2.75, 3.05) is 18.1 Å². The van der Waals surface area contributed by atoms with E-state index in [1.54, 1.807) is 0 Å². The highest BCUT2D eigenvalue weighted by Gasteiger charge is 2.32. The molecule has 1 N–H and O–H groups in total. The van der Waals surface area contributed by atoms with Crippen molar-refractivity contribution in [3.05, 3.63) is 71.2 Å². The van der Waals surface area contributed by atoms with Crippen molar-refractivity contribution in [1.82, 2.24) is 15.3 Å². The van der Waals surface area contributed by atoms with Gasteiger partial charge in [-0.1, -0.05) is 6.07 Å². The molecule has 2 atom stereocenters. The molecule has 2 unspecified atom stereocenters. The number of pyridine rings is 1. The van der Waals surface area contributed by atoms with Crippen LogP contribution in [0.3, 0.4) is 0 Å². The predicted molar refractivity (Wildman–Crippen MR) is 112 cm³/mol. The number of benzene rings is 1. The summed E-state index contributed by atoms with van der Waals surface area (Å²) < 4.78 is 0. The van der Waals surface area contributed by atoms with Gasteiger partial charge in [0.1, 0.15) is 0 Å². The molecule has 0 spiro atoms. The fraction of sp³-hybridized carbons (Fsp3) is 0.348. The number of rotatable bonds is 4. The number of nitrogens with zero attached hydrogens (tertiary/aromatic N) is 4. The molecular formula is C23H25N5O. The number of carbonyl (C=O) groups is 1. The number of hydrazine groups is 1. The highest BCUT2D eigenvalue weighted by Crippen LogP contribution is 2.36. The maximum Gasteiger partial charge on any atom is 0.224 e. The first kappa shape index (κ1) is 19.0. The molecule has 1 amide bonds. The Hall–Kier alpha value is -3.33. The van der Waals surface area contributed by atoms with Gasteiger partial charge in [-0.25, -0.2) is 0 Å². The van der Waals surface area contributed by atoms with E-state index in [0.29, 0.717) is 12.1 Å². The number of aromatic nitrogens is 1. The lowest BCUT2D eigenvalue weighted by atomic mass is 9.98. The quantitative estimate of drug-likeness (QED) is 0.871. The molecule has 0 aliphatic carbocycles. The van der Waals surface area contributed by atoms with Crippen molar-refractivity contribution < 1.29 is 4.79 Å². The van der Waals surface area contributed by atoms with Crippen molar-refractivity contribution in [3.63, 3.8) is 0 Å². The standard InChI is InChI=1S/C23H25N5O/c1-16-11-20(12-17(2)26-16)22-8-10-27(15-19-6-4-9-25-23(19)29)28(22)21-7-3-5-18(13-21)14-24/h3,5,7-8,10-13,19,22H,4,6,9,15H2,1-2H3,(H,25,29). The number of anilines is 1. The summed E-state index contributed by atoms with van der Waals surface area (Å²) in [5.41, 5.74) is 4.64. The molecule has 3 heterocycles. The summed E-state index contributed by atoms with van der Waals surface area (Å²) in [4.78, 5) is 16.8. The number of carbonyl (C=O) groups excluding carboxylic acids is 1. The first-order valence-electron chi connectivity index (χ1n) is 10.0.